The zero-order valence-electron chi connectivity index (χ0n) is 17.9. The Morgan fingerprint density at radius 1 is 1.09 bits per heavy atom. The molecule has 0 bridgehead atoms. The van der Waals surface area contributed by atoms with E-state index < -0.39 is 52.7 Å². The fourth-order valence-electron chi connectivity index (χ4n) is 3.12. The largest absolute Gasteiger partial charge is 0.506 e. The van der Waals surface area contributed by atoms with Crippen molar-refractivity contribution < 1.29 is 37.0 Å². The van der Waals surface area contributed by atoms with Gasteiger partial charge >= 0.3 is 17.8 Å². The second-order valence-corrected chi connectivity index (χ2v) is 8.14. The Morgan fingerprint density at radius 3 is 2.39 bits per heavy atom. The van der Waals surface area contributed by atoms with Gasteiger partial charge in [-0.25, -0.2) is 4.79 Å². The first kappa shape index (κ1) is 23.8. The molecule has 0 aliphatic rings. The standard InChI is InChI=1S/C23H20F3NO6/c1-22(2,3)33-16(28)11-27-20(30)17-18(29)15-9-5-8-14(19(15)32-21(17)31)12-6-4-7-13(10-12)23(24,25)26/h4-10,29H,11H2,1-3H3,(H,27,30). The van der Waals surface area contributed by atoms with Gasteiger partial charge in [0.25, 0.3) is 5.91 Å². The molecule has 1 amide bonds. The van der Waals surface area contributed by atoms with E-state index in [1.165, 1.54) is 30.3 Å². The molecule has 1 aromatic heterocycles. The molecule has 2 N–H and O–H groups in total. The van der Waals surface area contributed by atoms with Crippen LogP contribution in [0.5, 0.6) is 5.75 Å². The van der Waals surface area contributed by atoms with Gasteiger partial charge in [-0.1, -0.05) is 24.3 Å². The maximum atomic E-state index is 13.1. The van der Waals surface area contributed by atoms with Crippen molar-refractivity contribution in [2.45, 2.75) is 32.5 Å². The Bertz CT molecular complexity index is 1290. The molecular weight excluding hydrogens is 443 g/mol. The summed E-state index contributed by atoms with van der Waals surface area (Å²) in [4.78, 5) is 36.7. The molecule has 2 aromatic carbocycles. The number of carbonyl (C=O) groups is 2. The molecule has 0 unspecified atom stereocenters. The van der Waals surface area contributed by atoms with Crippen molar-refractivity contribution in [3.8, 4) is 16.9 Å². The lowest BCUT2D eigenvalue weighted by Crippen LogP contribution is -2.36. The predicted molar refractivity (Wildman–Crippen MR) is 113 cm³/mol. The van der Waals surface area contributed by atoms with Crippen LogP contribution < -0.4 is 10.9 Å². The molecule has 7 nitrogen and oxygen atoms in total. The van der Waals surface area contributed by atoms with Crippen molar-refractivity contribution in [3.05, 3.63) is 64.0 Å². The van der Waals surface area contributed by atoms with E-state index >= 15 is 0 Å². The molecule has 0 fully saturated rings. The van der Waals surface area contributed by atoms with E-state index in [1.54, 1.807) is 20.8 Å². The van der Waals surface area contributed by atoms with E-state index in [9.17, 15) is 32.7 Å². The summed E-state index contributed by atoms with van der Waals surface area (Å²) >= 11 is 0. The van der Waals surface area contributed by atoms with Gasteiger partial charge in [0.05, 0.1) is 10.9 Å². The van der Waals surface area contributed by atoms with Crippen LogP contribution in [0.2, 0.25) is 0 Å². The van der Waals surface area contributed by atoms with Crippen LogP contribution in [0.3, 0.4) is 0 Å². The number of amides is 1. The molecule has 174 valence electrons. The fourth-order valence-corrected chi connectivity index (χ4v) is 3.12. The molecule has 0 radical (unpaired) electrons. The lowest BCUT2D eigenvalue weighted by Gasteiger charge is -2.19. The molecule has 0 saturated carbocycles. The molecule has 0 spiro atoms. The second-order valence-electron chi connectivity index (χ2n) is 8.14. The highest BCUT2D eigenvalue weighted by Crippen LogP contribution is 2.36. The molecular formula is C23H20F3NO6. The summed E-state index contributed by atoms with van der Waals surface area (Å²) in [6.45, 7) is 4.35. The number of aromatic hydroxyl groups is 1. The lowest BCUT2D eigenvalue weighted by molar-refractivity contribution is -0.153. The van der Waals surface area contributed by atoms with E-state index in [-0.39, 0.29) is 22.1 Å². The molecule has 0 saturated heterocycles. The van der Waals surface area contributed by atoms with Crippen molar-refractivity contribution >= 4 is 22.8 Å². The van der Waals surface area contributed by atoms with Gasteiger partial charge in [0.1, 0.15) is 23.5 Å². The van der Waals surface area contributed by atoms with Crippen LogP contribution in [0, 0.1) is 0 Å². The second kappa shape index (κ2) is 8.61. The number of benzene rings is 2. The average Bonchev–Trinajstić information content (AvgIpc) is 2.70. The average molecular weight is 463 g/mol. The van der Waals surface area contributed by atoms with Crippen molar-refractivity contribution in [2.75, 3.05) is 6.54 Å². The van der Waals surface area contributed by atoms with Crippen LogP contribution >= 0.6 is 0 Å². The van der Waals surface area contributed by atoms with Crippen LogP contribution in [0.25, 0.3) is 22.1 Å². The van der Waals surface area contributed by atoms with E-state index in [4.69, 9.17) is 9.15 Å². The maximum Gasteiger partial charge on any atom is 0.416 e. The third kappa shape index (κ3) is 5.33. The minimum atomic E-state index is -4.58. The number of hydrogen-bond donors (Lipinski definition) is 2. The third-order valence-corrected chi connectivity index (χ3v) is 4.45. The minimum absolute atomic E-state index is 0.0630. The highest BCUT2D eigenvalue weighted by molar-refractivity contribution is 6.04. The molecule has 3 rings (SSSR count). The number of nitrogens with one attached hydrogen (secondary N) is 1. The van der Waals surface area contributed by atoms with Gasteiger partial charge in [-0.2, -0.15) is 13.2 Å². The molecule has 0 aliphatic heterocycles. The molecule has 3 aromatic rings. The first-order valence-electron chi connectivity index (χ1n) is 9.74. The normalized spacial score (nSPS) is 11.9. The highest BCUT2D eigenvalue weighted by atomic mass is 19.4. The van der Waals surface area contributed by atoms with Crippen LogP contribution in [0.15, 0.2) is 51.7 Å². The number of halogens is 3. The monoisotopic (exact) mass is 463 g/mol. The zero-order chi connectivity index (χ0) is 24.6. The van der Waals surface area contributed by atoms with Gasteiger partial charge in [0.2, 0.25) is 0 Å². The van der Waals surface area contributed by atoms with Gasteiger partial charge in [0.15, 0.2) is 5.56 Å². The summed E-state index contributed by atoms with van der Waals surface area (Å²) in [5.41, 5.74) is -3.63. The summed E-state index contributed by atoms with van der Waals surface area (Å²) in [5, 5.41) is 12.7. The van der Waals surface area contributed by atoms with Crippen LogP contribution in [-0.4, -0.2) is 29.1 Å². The van der Waals surface area contributed by atoms with Gasteiger partial charge < -0.3 is 19.6 Å². The van der Waals surface area contributed by atoms with Gasteiger partial charge in [-0.15, -0.1) is 0 Å². The number of alkyl halides is 3. The van der Waals surface area contributed by atoms with Crippen molar-refractivity contribution in [1.29, 1.82) is 0 Å². The van der Waals surface area contributed by atoms with Crippen LogP contribution in [-0.2, 0) is 15.7 Å². The Kier molecular flexibility index (Phi) is 6.22. The van der Waals surface area contributed by atoms with E-state index in [1.807, 2.05) is 0 Å². The van der Waals surface area contributed by atoms with Crippen molar-refractivity contribution in [1.82, 2.24) is 5.32 Å². The summed E-state index contributed by atoms with van der Waals surface area (Å²) < 4.78 is 49.6. The third-order valence-electron chi connectivity index (χ3n) is 4.45. The number of para-hydroxylation sites is 1. The van der Waals surface area contributed by atoms with Gasteiger partial charge in [-0.05, 0) is 44.5 Å². The number of esters is 1. The number of fused-ring (bicyclic) bond motifs is 1. The van der Waals surface area contributed by atoms with Crippen molar-refractivity contribution in [2.24, 2.45) is 0 Å². The SMILES string of the molecule is CC(C)(C)OC(=O)CNC(=O)c1c(O)c2cccc(-c3cccc(C(F)(F)F)c3)c2oc1=O. The predicted octanol–water partition coefficient (Wildman–Crippen LogP) is 4.26. The minimum Gasteiger partial charge on any atom is -0.506 e. The summed E-state index contributed by atoms with van der Waals surface area (Å²) in [6, 6.07) is 8.57. The highest BCUT2D eigenvalue weighted by Gasteiger charge is 2.31. The fraction of sp³-hybridized carbons (Fsp3) is 0.261. The smallest absolute Gasteiger partial charge is 0.416 e. The van der Waals surface area contributed by atoms with Crippen LogP contribution in [0.4, 0.5) is 13.2 Å². The quantitative estimate of drug-likeness (QED) is 0.443. The van der Waals surface area contributed by atoms with Crippen LogP contribution in [0.1, 0.15) is 36.7 Å². The molecule has 33 heavy (non-hydrogen) atoms. The molecule has 10 heteroatoms. The Labute approximate surface area is 185 Å². The number of hydrogen-bond acceptors (Lipinski definition) is 6. The number of rotatable bonds is 4. The Morgan fingerprint density at radius 2 is 1.76 bits per heavy atom. The molecule has 0 atom stereocenters. The van der Waals surface area contributed by atoms with Gasteiger partial charge in [0, 0.05) is 5.56 Å². The number of carbonyl (C=O) groups excluding carboxylic acids is 2. The summed E-state index contributed by atoms with van der Waals surface area (Å²) in [5.74, 6) is -2.55. The van der Waals surface area contributed by atoms with E-state index in [0.29, 0.717) is 0 Å². The van der Waals surface area contributed by atoms with Gasteiger partial charge in [-0.3, -0.25) is 9.59 Å². The Hall–Kier alpha value is -3.82. The maximum absolute atomic E-state index is 13.1. The lowest BCUT2D eigenvalue weighted by atomic mass is 9.99. The number of ether oxygens (including phenoxy) is 1. The first-order chi connectivity index (χ1) is 15.3. The topological polar surface area (TPSA) is 106 Å². The van der Waals surface area contributed by atoms with Crippen molar-refractivity contribution in [3.63, 3.8) is 0 Å². The summed E-state index contributed by atoms with van der Waals surface area (Å²) in [6.07, 6.45) is -4.58. The Balaban J connectivity index is 2.00. The summed E-state index contributed by atoms with van der Waals surface area (Å²) in [7, 11) is 0. The zero-order valence-corrected chi connectivity index (χ0v) is 17.9. The molecule has 0 aliphatic carbocycles. The van der Waals surface area contributed by atoms with E-state index in [0.717, 1.165) is 12.1 Å². The van der Waals surface area contributed by atoms with E-state index in [2.05, 4.69) is 5.32 Å². The first-order valence-corrected chi connectivity index (χ1v) is 9.74. The molecule has 1 heterocycles.